The van der Waals surface area contributed by atoms with E-state index in [1.54, 1.807) is 6.07 Å². The van der Waals surface area contributed by atoms with Gasteiger partial charge in [-0.25, -0.2) is 0 Å². The smallest absolute Gasteiger partial charge is 0.293 e. The summed E-state index contributed by atoms with van der Waals surface area (Å²) in [6.45, 7) is 5.75. The number of piperazine rings is 1. The van der Waals surface area contributed by atoms with E-state index in [4.69, 9.17) is 0 Å². The van der Waals surface area contributed by atoms with Crippen molar-refractivity contribution in [2.75, 3.05) is 18.0 Å². The number of nitro benzene ring substituents is 1. The molecule has 1 heterocycles. The Balaban J connectivity index is 2.35. The van der Waals surface area contributed by atoms with E-state index < -0.39 is 0 Å². The first-order chi connectivity index (χ1) is 8.47. The van der Waals surface area contributed by atoms with E-state index in [1.165, 1.54) is 0 Å². The predicted molar refractivity (Wildman–Crippen MR) is 75.1 cm³/mol. The minimum Gasteiger partial charge on any atom is -0.363 e. The summed E-state index contributed by atoms with van der Waals surface area (Å²) in [7, 11) is 0. The summed E-state index contributed by atoms with van der Waals surface area (Å²) in [6, 6.07) is 5.88. The van der Waals surface area contributed by atoms with Crippen LogP contribution in [-0.2, 0) is 0 Å². The van der Waals surface area contributed by atoms with Crippen LogP contribution in [0.4, 0.5) is 11.4 Å². The maximum atomic E-state index is 11.1. The van der Waals surface area contributed by atoms with E-state index in [0.29, 0.717) is 17.8 Å². The lowest BCUT2D eigenvalue weighted by atomic mass is 10.1. The predicted octanol–water partition coefficient (Wildman–Crippen LogP) is 2.54. The molecule has 6 heteroatoms. The zero-order valence-electron chi connectivity index (χ0n) is 10.4. The molecule has 0 spiro atoms. The number of anilines is 1. The normalized spacial score (nSPS) is 24.1. The zero-order chi connectivity index (χ0) is 13.3. The van der Waals surface area contributed by atoms with Crippen LogP contribution >= 0.6 is 15.9 Å². The van der Waals surface area contributed by atoms with Crippen molar-refractivity contribution in [1.82, 2.24) is 5.32 Å². The molecule has 0 bridgehead atoms. The highest BCUT2D eigenvalue weighted by molar-refractivity contribution is 9.10. The standard InChI is InChI=1S/C12H16BrN3O2/c1-8-6-15(7-9(2)14-8)11-4-3-10(13)5-12(11)16(17)18/h3-5,8-9,14H,6-7H2,1-2H3. The van der Waals surface area contributed by atoms with Gasteiger partial charge in [0, 0.05) is 35.7 Å². The average molecular weight is 314 g/mol. The van der Waals surface area contributed by atoms with Crippen molar-refractivity contribution in [2.45, 2.75) is 25.9 Å². The third-order valence-electron chi connectivity index (χ3n) is 3.03. The molecular weight excluding hydrogens is 298 g/mol. The summed E-state index contributed by atoms with van der Waals surface area (Å²) in [5.74, 6) is 0. The number of rotatable bonds is 2. The van der Waals surface area contributed by atoms with Gasteiger partial charge < -0.3 is 10.2 Å². The van der Waals surface area contributed by atoms with Crippen LogP contribution in [0.2, 0.25) is 0 Å². The van der Waals surface area contributed by atoms with Gasteiger partial charge in [0.05, 0.1) is 4.92 Å². The lowest BCUT2D eigenvalue weighted by molar-refractivity contribution is -0.384. The highest BCUT2D eigenvalue weighted by atomic mass is 79.9. The summed E-state index contributed by atoms with van der Waals surface area (Å²) in [4.78, 5) is 12.9. The van der Waals surface area contributed by atoms with Gasteiger partial charge in [-0.2, -0.15) is 0 Å². The van der Waals surface area contributed by atoms with Gasteiger partial charge >= 0.3 is 0 Å². The Morgan fingerprint density at radius 1 is 1.39 bits per heavy atom. The molecule has 98 valence electrons. The van der Waals surface area contributed by atoms with Gasteiger partial charge in [0.2, 0.25) is 0 Å². The first-order valence-electron chi connectivity index (χ1n) is 5.92. The maximum Gasteiger partial charge on any atom is 0.293 e. The summed E-state index contributed by atoms with van der Waals surface area (Å²) in [6.07, 6.45) is 0. The van der Waals surface area contributed by atoms with Gasteiger partial charge in [-0.3, -0.25) is 10.1 Å². The minimum absolute atomic E-state index is 0.158. The Hall–Kier alpha value is -1.14. The minimum atomic E-state index is -0.322. The van der Waals surface area contributed by atoms with Crippen LogP contribution in [0.5, 0.6) is 0 Å². The summed E-state index contributed by atoms with van der Waals surface area (Å²) >= 11 is 3.28. The first kappa shape index (κ1) is 13.3. The van der Waals surface area contributed by atoms with E-state index in [0.717, 1.165) is 17.6 Å². The molecule has 1 saturated heterocycles. The third kappa shape index (κ3) is 2.81. The molecule has 2 atom stereocenters. The second kappa shape index (κ2) is 5.24. The third-order valence-corrected chi connectivity index (χ3v) is 3.53. The fourth-order valence-electron chi connectivity index (χ4n) is 2.43. The Kier molecular flexibility index (Phi) is 3.87. The van der Waals surface area contributed by atoms with Crippen molar-refractivity contribution in [1.29, 1.82) is 0 Å². The molecule has 1 fully saturated rings. The van der Waals surface area contributed by atoms with Gasteiger partial charge in [0.25, 0.3) is 5.69 Å². The molecule has 1 aromatic rings. The largest absolute Gasteiger partial charge is 0.363 e. The van der Waals surface area contributed by atoms with Gasteiger partial charge in [0.1, 0.15) is 5.69 Å². The number of benzene rings is 1. The summed E-state index contributed by atoms with van der Waals surface area (Å²) in [5.41, 5.74) is 0.856. The molecule has 1 aromatic carbocycles. The molecule has 1 N–H and O–H groups in total. The van der Waals surface area contributed by atoms with Gasteiger partial charge in [-0.1, -0.05) is 15.9 Å². The fraction of sp³-hybridized carbons (Fsp3) is 0.500. The van der Waals surface area contributed by atoms with Crippen molar-refractivity contribution in [3.63, 3.8) is 0 Å². The summed E-state index contributed by atoms with van der Waals surface area (Å²) in [5, 5.41) is 14.5. The second-order valence-electron chi connectivity index (χ2n) is 4.76. The molecule has 0 saturated carbocycles. The van der Waals surface area contributed by atoms with Crippen molar-refractivity contribution in [3.8, 4) is 0 Å². The molecule has 0 aliphatic carbocycles. The molecule has 0 aromatic heterocycles. The van der Waals surface area contributed by atoms with Crippen molar-refractivity contribution in [3.05, 3.63) is 32.8 Å². The van der Waals surface area contributed by atoms with E-state index >= 15 is 0 Å². The van der Waals surface area contributed by atoms with Crippen LogP contribution in [-0.4, -0.2) is 30.1 Å². The Bertz CT molecular complexity index is 457. The molecule has 0 radical (unpaired) electrons. The summed E-state index contributed by atoms with van der Waals surface area (Å²) < 4.78 is 0.731. The quantitative estimate of drug-likeness (QED) is 0.673. The van der Waals surface area contributed by atoms with Crippen LogP contribution in [0, 0.1) is 10.1 Å². The first-order valence-corrected chi connectivity index (χ1v) is 6.71. The van der Waals surface area contributed by atoms with Gasteiger partial charge in [-0.15, -0.1) is 0 Å². The van der Waals surface area contributed by atoms with Crippen molar-refractivity contribution >= 4 is 27.3 Å². The molecule has 2 unspecified atom stereocenters. The van der Waals surface area contributed by atoms with Gasteiger partial charge in [0.15, 0.2) is 0 Å². The van der Waals surface area contributed by atoms with E-state index in [2.05, 4.69) is 40.0 Å². The van der Waals surface area contributed by atoms with Crippen LogP contribution in [0.3, 0.4) is 0 Å². The number of hydrogen-bond donors (Lipinski definition) is 1. The van der Waals surface area contributed by atoms with E-state index in [9.17, 15) is 10.1 Å². The number of nitrogens with one attached hydrogen (secondary N) is 1. The van der Waals surface area contributed by atoms with Crippen LogP contribution in [0.1, 0.15) is 13.8 Å². The Morgan fingerprint density at radius 3 is 2.56 bits per heavy atom. The van der Waals surface area contributed by atoms with Crippen molar-refractivity contribution in [2.24, 2.45) is 0 Å². The lowest BCUT2D eigenvalue weighted by Gasteiger charge is -2.37. The molecule has 18 heavy (non-hydrogen) atoms. The van der Waals surface area contributed by atoms with Crippen LogP contribution in [0.15, 0.2) is 22.7 Å². The fourth-order valence-corrected chi connectivity index (χ4v) is 2.78. The molecule has 5 nitrogen and oxygen atoms in total. The average Bonchev–Trinajstić information content (AvgIpc) is 2.27. The maximum absolute atomic E-state index is 11.1. The second-order valence-corrected chi connectivity index (χ2v) is 5.68. The van der Waals surface area contributed by atoms with E-state index in [1.807, 2.05) is 12.1 Å². The SMILES string of the molecule is CC1CN(c2ccc(Br)cc2[N+](=O)[O-])CC(C)N1. The Labute approximate surface area is 114 Å². The number of nitro groups is 1. The highest BCUT2D eigenvalue weighted by Crippen LogP contribution is 2.32. The lowest BCUT2D eigenvalue weighted by Crippen LogP contribution is -2.54. The zero-order valence-corrected chi connectivity index (χ0v) is 12.0. The monoisotopic (exact) mass is 313 g/mol. The molecular formula is C12H16BrN3O2. The molecule has 1 aliphatic heterocycles. The Morgan fingerprint density at radius 2 is 2.00 bits per heavy atom. The van der Waals surface area contributed by atoms with Crippen LogP contribution in [0.25, 0.3) is 0 Å². The number of hydrogen-bond acceptors (Lipinski definition) is 4. The van der Waals surface area contributed by atoms with Gasteiger partial charge in [-0.05, 0) is 26.0 Å². The van der Waals surface area contributed by atoms with Crippen LogP contribution < -0.4 is 10.2 Å². The molecule has 0 amide bonds. The number of halogens is 1. The van der Waals surface area contributed by atoms with E-state index in [-0.39, 0.29) is 10.6 Å². The molecule has 1 aliphatic rings. The number of nitrogens with zero attached hydrogens (tertiary/aromatic N) is 2. The van der Waals surface area contributed by atoms with Crippen molar-refractivity contribution < 1.29 is 4.92 Å². The highest BCUT2D eigenvalue weighted by Gasteiger charge is 2.26. The topological polar surface area (TPSA) is 58.4 Å². The molecule has 2 rings (SSSR count).